The van der Waals surface area contributed by atoms with Crippen molar-refractivity contribution in [3.63, 3.8) is 0 Å². The van der Waals surface area contributed by atoms with Gasteiger partial charge in [-0.1, -0.05) is 23.2 Å². The number of benzene rings is 1. The number of nitro groups is 1. The van der Waals surface area contributed by atoms with E-state index >= 15 is 0 Å². The van der Waals surface area contributed by atoms with E-state index in [9.17, 15) is 10.1 Å². The van der Waals surface area contributed by atoms with E-state index in [1.165, 1.54) is 6.07 Å². The molecular formula is C22H23Cl2N9O2. The van der Waals surface area contributed by atoms with Crippen LogP contribution in [0.5, 0.6) is 0 Å². The van der Waals surface area contributed by atoms with Gasteiger partial charge in [0.05, 0.1) is 21.3 Å². The Kier molecular flexibility index (Phi) is 6.92. The molecule has 35 heavy (non-hydrogen) atoms. The van der Waals surface area contributed by atoms with Crippen LogP contribution < -0.4 is 16.8 Å². The molecule has 1 aromatic carbocycles. The van der Waals surface area contributed by atoms with Crippen LogP contribution in [0, 0.1) is 10.1 Å². The Balaban J connectivity index is 1.70. The summed E-state index contributed by atoms with van der Waals surface area (Å²) in [6, 6.07) is 8.48. The number of pyridine rings is 1. The maximum atomic E-state index is 11.5. The van der Waals surface area contributed by atoms with Crippen molar-refractivity contribution in [2.24, 2.45) is 0 Å². The van der Waals surface area contributed by atoms with Gasteiger partial charge in [-0.2, -0.15) is 0 Å². The first-order valence-corrected chi connectivity index (χ1v) is 11.3. The fraction of sp³-hybridized carbons (Fsp3) is 0.227. The second kappa shape index (κ2) is 9.90. The Morgan fingerprint density at radius 2 is 1.91 bits per heavy atom. The number of rotatable bonds is 8. The zero-order chi connectivity index (χ0) is 25.3. The summed E-state index contributed by atoms with van der Waals surface area (Å²) in [5, 5.41) is 15.7. The quantitative estimate of drug-likeness (QED) is 0.234. The molecule has 13 heteroatoms. The summed E-state index contributed by atoms with van der Waals surface area (Å²) in [6.45, 7) is 0.949. The van der Waals surface area contributed by atoms with E-state index < -0.39 is 4.92 Å². The van der Waals surface area contributed by atoms with Crippen molar-refractivity contribution < 1.29 is 4.92 Å². The van der Waals surface area contributed by atoms with E-state index in [1.54, 1.807) is 18.2 Å². The van der Waals surface area contributed by atoms with Crippen LogP contribution in [0.3, 0.4) is 0 Å². The van der Waals surface area contributed by atoms with Crippen LogP contribution in [0.4, 0.5) is 23.3 Å². The van der Waals surface area contributed by atoms with E-state index in [-0.39, 0.29) is 23.7 Å². The fourth-order valence-corrected chi connectivity index (χ4v) is 4.25. The predicted octanol–water partition coefficient (Wildman–Crippen LogP) is 3.89. The number of hydrogen-bond donors (Lipinski definition) is 3. The number of fused-ring (bicyclic) bond motifs is 1. The van der Waals surface area contributed by atoms with Crippen molar-refractivity contribution in [1.82, 2.24) is 24.3 Å². The Labute approximate surface area is 210 Å². The molecule has 182 valence electrons. The molecule has 3 aromatic heterocycles. The summed E-state index contributed by atoms with van der Waals surface area (Å²) < 4.78 is 1.83. The van der Waals surface area contributed by atoms with Crippen LogP contribution in [0.15, 0.2) is 36.5 Å². The van der Waals surface area contributed by atoms with Gasteiger partial charge >= 0.3 is 5.69 Å². The molecule has 0 aliphatic heterocycles. The van der Waals surface area contributed by atoms with Crippen molar-refractivity contribution in [3.05, 3.63) is 67.9 Å². The summed E-state index contributed by atoms with van der Waals surface area (Å²) in [6.07, 6.45) is 2.16. The molecule has 5 N–H and O–H groups in total. The van der Waals surface area contributed by atoms with Crippen LogP contribution in [0.25, 0.3) is 16.9 Å². The Bertz CT molecular complexity index is 1420. The summed E-state index contributed by atoms with van der Waals surface area (Å²) in [7, 11) is 3.92. The number of nitrogens with zero attached hydrogens (tertiary/aromatic N) is 6. The number of aromatic nitrogens is 4. The average Bonchev–Trinajstić information content (AvgIpc) is 3.14. The first-order valence-electron chi connectivity index (χ1n) is 10.5. The third-order valence-electron chi connectivity index (χ3n) is 5.17. The molecule has 0 amide bonds. The molecule has 11 nitrogen and oxygen atoms in total. The average molecular weight is 516 g/mol. The topological polar surface area (TPSA) is 154 Å². The van der Waals surface area contributed by atoms with E-state index in [0.717, 1.165) is 5.69 Å². The molecule has 0 unspecified atom stereocenters. The maximum Gasteiger partial charge on any atom is 0.314 e. The normalized spacial score (nSPS) is 11.3. The molecule has 0 saturated heterocycles. The van der Waals surface area contributed by atoms with Gasteiger partial charge in [0.25, 0.3) is 0 Å². The number of halogens is 2. The first kappa shape index (κ1) is 24.5. The monoisotopic (exact) mass is 515 g/mol. The molecular weight excluding hydrogens is 493 g/mol. The van der Waals surface area contributed by atoms with Crippen LogP contribution in [0.1, 0.15) is 11.3 Å². The lowest BCUT2D eigenvalue weighted by atomic mass is 10.1. The highest BCUT2D eigenvalue weighted by molar-refractivity contribution is 6.36. The second-order valence-electron chi connectivity index (χ2n) is 8.16. The van der Waals surface area contributed by atoms with Crippen molar-refractivity contribution in [2.75, 3.05) is 37.4 Å². The number of anilines is 3. The number of hydrogen-bond acceptors (Lipinski definition) is 9. The van der Waals surface area contributed by atoms with Gasteiger partial charge < -0.3 is 21.7 Å². The Morgan fingerprint density at radius 3 is 2.60 bits per heavy atom. The smallest absolute Gasteiger partial charge is 0.314 e. The molecule has 0 aliphatic carbocycles. The largest absolute Gasteiger partial charge is 0.384 e. The zero-order valence-corrected chi connectivity index (χ0v) is 20.5. The van der Waals surface area contributed by atoms with E-state index in [4.69, 9.17) is 44.6 Å². The molecule has 0 fully saturated rings. The fourth-order valence-electron chi connectivity index (χ4n) is 3.75. The highest BCUT2D eigenvalue weighted by atomic mass is 35.5. The number of imidazole rings is 1. The molecule has 0 aliphatic rings. The van der Waals surface area contributed by atoms with E-state index in [2.05, 4.69) is 10.3 Å². The van der Waals surface area contributed by atoms with Crippen molar-refractivity contribution in [3.8, 4) is 11.3 Å². The molecule has 0 bridgehead atoms. The lowest BCUT2D eigenvalue weighted by Gasteiger charge is -2.12. The minimum Gasteiger partial charge on any atom is -0.384 e. The van der Waals surface area contributed by atoms with Crippen molar-refractivity contribution in [1.29, 1.82) is 0 Å². The van der Waals surface area contributed by atoms with Crippen LogP contribution in [-0.4, -0.2) is 49.8 Å². The number of nitrogen functional groups attached to an aromatic ring is 2. The minimum atomic E-state index is -0.555. The molecule has 0 radical (unpaired) electrons. The maximum absolute atomic E-state index is 11.5. The third-order valence-corrected chi connectivity index (χ3v) is 5.72. The van der Waals surface area contributed by atoms with Crippen molar-refractivity contribution >= 4 is 52.1 Å². The van der Waals surface area contributed by atoms with Gasteiger partial charge in [0.2, 0.25) is 11.8 Å². The second-order valence-corrected chi connectivity index (χ2v) is 9.00. The molecule has 4 rings (SSSR count). The molecule has 3 heterocycles. The summed E-state index contributed by atoms with van der Waals surface area (Å²) in [5.74, 6) is 0.400. The standard InChI is InChI=1S/C22H23Cl2N9O2/c1-31(2)10-14-11-32-19(28-14)9-17(15-4-3-13(23)8-16(15)24)29-22(32)27-6-5-12-7-18(25)30-21(26)20(12)33(34)35/h3-4,7-9,11H,5-6,10H2,1-2H3,(H,27,29)(H4,25,26,30). The highest BCUT2D eigenvalue weighted by Gasteiger charge is 2.21. The van der Waals surface area contributed by atoms with Gasteiger partial charge in [-0.15, -0.1) is 0 Å². The summed E-state index contributed by atoms with van der Waals surface area (Å²) in [5.41, 5.74) is 14.4. The highest BCUT2D eigenvalue weighted by Crippen LogP contribution is 2.31. The summed E-state index contributed by atoms with van der Waals surface area (Å²) >= 11 is 12.5. The number of nitrogens with one attached hydrogen (secondary N) is 1. The lowest BCUT2D eigenvalue weighted by Crippen LogP contribution is -2.13. The van der Waals surface area contributed by atoms with Crippen LogP contribution in [0.2, 0.25) is 10.0 Å². The molecule has 4 aromatic rings. The SMILES string of the molecule is CN(C)Cc1cn2c(NCCc3cc(N)nc(N)c3[N+](=O)[O-])nc(-c3ccc(Cl)cc3Cl)cc2n1. The van der Waals surface area contributed by atoms with Crippen molar-refractivity contribution in [2.45, 2.75) is 13.0 Å². The van der Waals surface area contributed by atoms with Gasteiger partial charge in [-0.05, 0) is 44.8 Å². The van der Waals surface area contributed by atoms with Gasteiger partial charge in [0.1, 0.15) is 11.5 Å². The van der Waals surface area contributed by atoms with Gasteiger partial charge in [-0.3, -0.25) is 14.5 Å². The molecule has 0 spiro atoms. The van der Waals surface area contributed by atoms with Gasteiger partial charge in [0, 0.05) is 41.5 Å². The molecule has 0 atom stereocenters. The lowest BCUT2D eigenvalue weighted by molar-refractivity contribution is -0.384. The third kappa shape index (κ3) is 5.37. The van der Waals surface area contributed by atoms with E-state index in [1.807, 2.05) is 35.7 Å². The molecule has 0 saturated carbocycles. The Morgan fingerprint density at radius 1 is 1.14 bits per heavy atom. The predicted molar refractivity (Wildman–Crippen MR) is 138 cm³/mol. The number of nitrogens with two attached hydrogens (primary N) is 2. The summed E-state index contributed by atoms with van der Waals surface area (Å²) in [4.78, 5) is 26.2. The first-order chi connectivity index (χ1) is 16.6. The van der Waals surface area contributed by atoms with Gasteiger partial charge in [0.15, 0.2) is 0 Å². The van der Waals surface area contributed by atoms with Crippen LogP contribution >= 0.6 is 23.2 Å². The van der Waals surface area contributed by atoms with Crippen LogP contribution in [-0.2, 0) is 13.0 Å². The van der Waals surface area contributed by atoms with Gasteiger partial charge in [-0.25, -0.2) is 15.0 Å². The Hall–Kier alpha value is -3.67. The minimum absolute atomic E-state index is 0.117. The zero-order valence-electron chi connectivity index (χ0n) is 19.0. The van der Waals surface area contributed by atoms with E-state index in [0.29, 0.717) is 51.6 Å².